The van der Waals surface area contributed by atoms with Crippen molar-refractivity contribution in [2.24, 2.45) is 10.9 Å². The number of nitrogens with one attached hydrogen (secondary N) is 1. The lowest BCUT2D eigenvalue weighted by molar-refractivity contribution is -0.120. The van der Waals surface area contributed by atoms with Crippen LogP contribution in [-0.4, -0.2) is 36.7 Å². The first-order valence-electron chi connectivity index (χ1n) is 7.08. The summed E-state index contributed by atoms with van der Waals surface area (Å²) in [5.41, 5.74) is 6.97. The molecule has 0 unspecified atom stereocenters. The SMILES string of the molecule is CCCOCCCNC(=O)Cc1ccc(/C(N)=N/O)cc1. The van der Waals surface area contributed by atoms with Gasteiger partial charge in [-0.3, -0.25) is 4.79 Å². The average Bonchev–Trinajstić information content (AvgIpc) is 2.50. The van der Waals surface area contributed by atoms with E-state index in [2.05, 4.69) is 17.4 Å². The molecule has 0 spiro atoms. The van der Waals surface area contributed by atoms with Crippen molar-refractivity contribution in [3.8, 4) is 0 Å². The van der Waals surface area contributed by atoms with Gasteiger partial charge in [0.15, 0.2) is 5.84 Å². The van der Waals surface area contributed by atoms with E-state index in [1.165, 1.54) is 0 Å². The molecule has 1 rings (SSSR count). The van der Waals surface area contributed by atoms with Crippen LogP contribution in [0.1, 0.15) is 30.9 Å². The van der Waals surface area contributed by atoms with Crippen molar-refractivity contribution >= 4 is 11.7 Å². The van der Waals surface area contributed by atoms with E-state index >= 15 is 0 Å². The summed E-state index contributed by atoms with van der Waals surface area (Å²) in [4.78, 5) is 11.7. The van der Waals surface area contributed by atoms with Gasteiger partial charge in [-0.2, -0.15) is 0 Å². The lowest BCUT2D eigenvalue weighted by Gasteiger charge is -2.06. The Kier molecular flexibility index (Phi) is 7.89. The molecule has 1 aromatic rings. The highest BCUT2D eigenvalue weighted by molar-refractivity contribution is 5.97. The minimum absolute atomic E-state index is 0.0259. The number of rotatable bonds is 9. The molecule has 0 atom stereocenters. The van der Waals surface area contributed by atoms with Crippen molar-refractivity contribution in [3.63, 3.8) is 0 Å². The van der Waals surface area contributed by atoms with Gasteiger partial charge in [0.05, 0.1) is 6.42 Å². The molecule has 116 valence electrons. The summed E-state index contributed by atoms with van der Waals surface area (Å²) in [6.45, 7) is 4.11. The highest BCUT2D eigenvalue weighted by Crippen LogP contribution is 2.05. The monoisotopic (exact) mass is 293 g/mol. The Labute approximate surface area is 125 Å². The normalized spacial score (nSPS) is 11.4. The second-order valence-electron chi connectivity index (χ2n) is 4.67. The number of benzene rings is 1. The standard InChI is InChI=1S/C15H23N3O3/c1-2-9-21-10-3-8-17-14(19)11-12-4-6-13(7-5-12)15(16)18-20/h4-7,20H,2-3,8-11H2,1H3,(H2,16,18)(H,17,19). The first-order valence-corrected chi connectivity index (χ1v) is 7.08. The van der Waals surface area contributed by atoms with E-state index in [4.69, 9.17) is 15.7 Å². The van der Waals surface area contributed by atoms with Gasteiger partial charge in [-0.25, -0.2) is 0 Å². The summed E-state index contributed by atoms with van der Waals surface area (Å²) in [6.07, 6.45) is 2.13. The lowest BCUT2D eigenvalue weighted by Crippen LogP contribution is -2.26. The Morgan fingerprint density at radius 1 is 1.33 bits per heavy atom. The summed E-state index contributed by atoms with van der Waals surface area (Å²) in [6, 6.07) is 7.02. The predicted octanol–water partition coefficient (Wildman–Crippen LogP) is 1.26. The molecule has 0 saturated heterocycles. The molecule has 0 aliphatic rings. The molecule has 0 aliphatic heterocycles. The van der Waals surface area contributed by atoms with Gasteiger partial charge in [-0.05, 0) is 18.4 Å². The van der Waals surface area contributed by atoms with E-state index in [-0.39, 0.29) is 11.7 Å². The molecule has 21 heavy (non-hydrogen) atoms. The molecular formula is C15H23N3O3. The quantitative estimate of drug-likeness (QED) is 0.210. The Balaban J connectivity index is 2.28. The summed E-state index contributed by atoms with van der Waals surface area (Å²) >= 11 is 0. The molecule has 0 radical (unpaired) electrons. The van der Waals surface area contributed by atoms with Crippen LogP contribution in [0.5, 0.6) is 0 Å². The summed E-state index contributed by atoms with van der Waals surface area (Å²) in [7, 11) is 0. The third-order valence-electron chi connectivity index (χ3n) is 2.86. The number of carbonyl (C=O) groups is 1. The number of ether oxygens (including phenoxy) is 1. The highest BCUT2D eigenvalue weighted by atomic mass is 16.5. The average molecular weight is 293 g/mol. The van der Waals surface area contributed by atoms with Crippen molar-refractivity contribution in [2.75, 3.05) is 19.8 Å². The molecule has 0 bridgehead atoms. The van der Waals surface area contributed by atoms with Crippen LogP contribution in [-0.2, 0) is 16.0 Å². The largest absolute Gasteiger partial charge is 0.409 e. The third kappa shape index (κ3) is 6.76. The molecule has 0 aromatic heterocycles. The van der Waals surface area contributed by atoms with Gasteiger partial charge in [-0.15, -0.1) is 0 Å². The number of carbonyl (C=O) groups excluding carboxylic acids is 1. The Morgan fingerprint density at radius 3 is 2.67 bits per heavy atom. The van der Waals surface area contributed by atoms with Crippen LogP contribution in [0.2, 0.25) is 0 Å². The zero-order valence-electron chi connectivity index (χ0n) is 12.3. The summed E-state index contributed by atoms with van der Waals surface area (Å²) < 4.78 is 5.33. The molecule has 4 N–H and O–H groups in total. The zero-order valence-corrected chi connectivity index (χ0v) is 12.3. The smallest absolute Gasteiger partial charge is 0.224 e. The topological polar surface area (TPSA) is 96.9 Å². The summed E-state index contributed by atoms with van der Waals surface area (Å²) in [5.74, 6) is 0.0279. The minimum Gasteiger partial charge on any atom is -0.409 e. The fourth-order valence-corrected chi connectivity index (χ4v) is 1.75. The van der Waals surface area contributed by atoms with Crippen LogP contribution in [0, 0.1) is 0 Å². The number of hydrogen-bond acceptors (Lipinski definition) is 4. The lowest BCUT2D eigenvalue weighted by atomic mass is 10.1. The minimum atomic E-state index is -0.0259. The van der Waals surface area contributed by atoms with Crippen molar-refractivity contribution in [1.29, 1.82) is 0 Å². The first kappa shape index (κ1) is 17.0. The zero-order chi connectivity index (χ0) is 15.5. The second kappa shape index (κ2) is 9.77. The number of nitrogens with two attached hydrogens (primary N) is 1. The predicted molar refractivity (Wildman–Crippen MR) is 81.4 cm³/mol. The van der Waals surface area contributed by atoms with Crippen LogP contribution in [0.25, 0.3) is 0 Å². The van der Waals surface area contributed by atoms with E-state index < -0.39 is 0 Å². The van der Waals surface area contributed by atoms with Gasteiger partial charge >= 0.3 is 0 Å². The van der Waals surface area contributed by atoms with Crippen LogP contribution in [0.3, 0.4) is 0 Å². The molecule has 0 aliphatic carbocycles. The molecule has 0 heterocycles. The fraction of sp³-hybridized carbons (Fsp3) is 0.467. The van der Waals surface area contributed by atoms with Crippen molar-refractivity contribution in [2.45, 2.75) is 26.2 Å². The molecule has 1 aromatic carbocycles. The molecule has 6 heteroatoms. The Hall–Kier alpha value is -2.08. The van der Waals surface area contributed by atoms with E-state index in [0.717, 1.165) is 25.0 Å². The first-order chi connectivity index (χ1) is 10.2. The van der Waals surface area contributed by atoms with Gasteiger partial charge in [-0.1, -0.05) is 36.3 Å². The molecule has 6 nitrogen and oxygen atoms in total. The van der Waals surface area contributed by atoms with Crippen molar-refractivity contribution in [1.82, 2.24) is 5.32 Å². The second-order valence-corrected chi connectivity index (χ2v) is 4.67. The number of hydrogen-bond donors (Lipinski definition) is 3. The maximum Gasteiger partial charge on any atom is 0.224 e. The van der Waals surface area contributed by atoms with Gasteiger partial charge in [0.25, 0.3) is 0 Å². The number of amides is 1. The van der Waals surface area contributed by atoms with Crippen LogP contribution >= 0.6 is 0 Å². The Bertz CT molecular complexity index is 458. The molecular weight excluding hydrogens is 270 g/mol. The van der Waals surface area contributed by atoms with Gasteiger partial charge in [0, 0.05) is 25.3 Å². The van der Waals surface area contributed by atoms with Gasteiger partial charge in [0.1, 0.15) is 0 Å². The number of oxime groups is 1. The van der Waals surface area contributed by atoms with Crippen molar-refractivity contribution < 1.29 is 14.7 Å². The van der Waals surface area contributed by atoms with Crippen molar-refractivity contribution in [3.05, 3.63) is 35.4 Å². The Morgan fingerprint density at radius 2 is 2.05 bits per heavy atom. The third-order valence-corrected chi connectivity index (χ3v) is 2.86. The van der Waals surface area contributed by atoms with E-state index in [0.29, 0.717) is 25.1 Å². The number of nitrogens with zero attached hydrogens (tertiary/aromatic N) is 1. The van der Waals surface area contributed by atoms with Gasteiger partial charge in [0.2, 0.25) is 5.91 Å². The van der Waals surface area contributed by atoms with Crippen LogP contribution in [0.15, 0.2) is 29.4 Å². The van der Waals surface area contributed by atoms with Gasteiger partial charge < -0.3 is 21.0 Å². The number of amidine groups is 1. The summed E-state index contributed by atoms with van der Waals surface area (Å²) in [5, 5.41) is 14.3. The van der Waals surface area contributed by atoms with Crippen LogP contribution in [0.4, 0.5) is 0 Å². The highest BCUT2D eigenvalue weighted by Gasteiger charge is 2.04. The van der Waals surface area contributed by atoms with E-state index in [9.17, 15) is 4.79 Å². The maximum atomic E-state index is 11.7. The maximum absolute atomic E-state index is 11.7. The van der Waals surface area contributed by atoms with E-state index in [1.54, 1.807) is 24.3 Å². The molecule has 0 saturated carbocycles. The molecule has 0 fully saturated rings. The van der Waals surface area contributed by atoms with Crippen LogP contribution < -0.4 is 11.1 Å². The molecule has 1 amide bonds. The van der Waals surface area contributed by atoms with E-state index in [1.807, 2.05) is 0 Å². The fourth-order valence-electron chi connectivity index (χ4n) is 1.75.